The summed E-state index contributed by atoms with van der Waals surface area (Å²) in [5, 5.41) is 36.4. The number of carboxylic acids is 1. The highest BCUT2D eigenvalue weighted by Crippen LogP contribution is 2.39. The molecule has 9 aromatic carbocycles. The number of halogens is 6. The predicted molar refractivity (Wildman–Crippen MR) is 397 cm³/mol. The molecule has 3 N–H and O–H groups in total. The fourth-order valence-corrected chi connectivity index (χ4v) is 14.1. The van der Waals surface area contributed by atoms with Crippen LogP contribution in [0, 0.1) is 29.3 Å². The first-order valence-corrected chi connectivity index (χ1v) is 39.2. The molecule has 3 aromatic heterocycles. The van der Waals surface area contributed by atoms with E-state index >= 15 is 0 Å². The van der Waals surface area contributed by atoms with Crippen LogP contribution in [0.2, 0.25) is 19.6 Å². The second kappa shape index (κ2) is 35.6. The van der Waals surface area contributed by atoms with Crippen LogP contribution in [0.1, 0.15) is 111 Å². The number of carbonyl (C=O) groups is 1. The summed E-state index contributed by atoms with van der Waals surface area (Å²) in [6, 6.07) is 64.7. The maximum atomic E-state index is 13.4. The van der Waals surface area contributed by atoms with E-state index in [1.54, 1.807) is 76.1 Å². The third-order valence-corrected chi connectivity index (χ3v) is 19.2. The number of sulfonamides is 1. The zero-order chi connectivity index (χ0) is 73.8. The molecule has 0 amide bonds. The van der Waals surface area contributed by atoms with Crippen LogP contribution in [0.15, 0.2) is 249 Å². The molecule has 103 heavy (non-hydrogen) atoms. The van der Waals surface area contributed by atoms with E-state index in [9.17, 15) is 49.8 Å². The topological polar surface area (TPSA) is 176 Å². The van der Waals surface area contributed by atoms with Crippen LogP contribution >= 0.6 is 0 Å². The molecule has 12 aromatic rings. The summed E-state index contributed by atoms with van der Waals surface area (Å²) in [5.74, 6) is -4.24. The van der Waals surface area contributed by atoms with Crippen molar-refractivity contribution in [2.45, 2.75) is 103 Å². The molecular formula is C81H85F6N7O7SSi. The first-order chi connectivity index (χ1) is 49.4. The Morgan fingerprint density at radius 2 is 0.922 bits per heavy atom. The number of fused-ring (bicyclic) bond motifs is 3. The molecule has 5 unspecified atom stereocenters. The molecule has 5 atom stereocenters. The van der Waals surface area contributed by atoms with Gasteiger partial charge in [-0.25, -0.2) is 40.4 Å². The van der Waals surface area contributed by atoms with Gasteiger partial charge in [0, 0.05) is 34.5 Å². The quantitative estimate of drug-likeness (QED) is 0.0284. The molecule has 0 bridgehead atoms. The molecule has 12 rings (SSSR count). The highest BCUT2D eigenvalue weighted by Gasteiger charge is 2.36. The fraction of sp³-hybridized carbons (Fsp3) is 0.259. The zero-order valence-electron chi connectivity index (χ0n) is 58.4. The number of aliphatic hydroxyl groups excluding tert-OH is 1. The smallest absolute Gasteiger partial charge is 0.404 e. The number of methoxy groups -OCH3 is 1. The summed E-state index contributed by atoms with van der Waals surface area (Å²) in [5.41, 5.74) is 10.3. The van der Waals surface area contributed by atoms with Crippen molar-refractivity contribution in [3.05, 3.63) is 300 Å². The summed E-state index contributed by atoms with van der Waals surface area (Å²) >= 11 is 0. The van der Waals surface area contributed by atoms with Gasteiger partial charge >= 0.3 is 12.1 Å². The van der Waals surface area contributed by atoms with Crippen LogP contribution in [0.25, 0.3) is 49.8 Å². The Morgan fingerprint density at radius 1 is 0.534 bits per heavy atom. The lowest BCUT2D eigenvalue weighted by Crippen LogP contribution is -2.37. The minimum absolute atomic E-state index is 0.126. The van der Waals surface area contributed by atoms with Crippen molar-refractivity contribution < 1.29 is 58.9 Å². The molecule has 0 spiro atoms. The fourth-order valence-electron chi connectivity index (χ4n) is 12.3. The van der Waals surface area contributed by atoms with Crippen LogP contribution in [0.3, 0.4) is 0 Å². The first-order valence-electron chi connectivity index (χ1n) is 34.1. The van der Waals surface area contributed by atoms with Crippen LogP contribution in [0.4, 0.5) is 26.3 Å². The van der Waals surface area contributed by atoms with Gasteiger partial charge in [0.1, 0.15) is 23.6 Å². The molecule has 0 saturated heterocycles. The molecule has 0 aliphatic carbocycles. The Hall–Kier alpha value is -10.1. The summed E-state index contributed by atoms with van der Waals surface area (Å²) < 4.78 is 120. The number of aromatic nitrogens is 6. The standard InChI is InChI=1S/C27H27F4N3O2S.C25H23FN2O2.C20H15FN2O.C9H20O2Si/c1-2-6-21(17-33-37(35,36)18-27(29,30)31)26(19-7-4-3-5-8-19)20-9-14-25-22(15-20)16-32-34(25)24-12-10-23(28)11-13-24;1-2-6-22(25(29)30)24(17-7-4-3-5-8-17)18-9-14-23-19(15-18)16-27-28(23)21-12-10-20(26)11-13-21;21-17-7-9-18(10-8-17)23-19-11-6-15(12-16(19)13-22-23)20(24)14-4-2-1-3-5-14;1-6-7-8-9(10-2)11-12(3,4)5/h3-5,7-16,21,26,33H,2,6,17-18H2,1H3;3-5,7-16,22,24H,2,6H2,1H3,(H,29,30);1-13,20,24H;8H,6-7H2,1-5H3/b;;;9-8-. The number of carboxylic acid groups (broad SMARTS) is 1. The molecule has 0 radical (unpaired) electrons. The predicted octanol–water partition coefficient (Wildman–Crippen LogP) is 19.4. The monoisotopic (exact) mass is 1440 g/mol. The van der Waals surface area contributed by atoms with Crippen molar-refractivity contribution in [2.24, 2.45) is 11.8 Å². The van der Waals surface area contributed by atoms with Gasteiger partial charge in [-0.2, -0.15) is 28.5 Å². The van der Waals surface area contributed by atoms with Gasteiger partial charge in [-0.1, -0.05) is 149 Å². The maximum absolute atomic E-state index is 13.4. The average Bonchev–Trinajstić information content (AvgIpc) is 1.68. The molecule has 0 aliphatic rings. The first kappa shape index (κ1) is 77.0. The van der Waals surface area contributed by atoms with Gasteiger partial charge in [-0.05, 0) is 193 Å². The van der Waals surface area contributed by atoms with Gasteiger partial charge < -0.3 is 19.4 Å². The number of unbranched alkanes of at least 4 members (excludes halogenated alkanes) is 1. The number of ether oxygens (including phenoxy) is 1. The van der Waals surface area contributed by atoms with Crippen LogP contribution in [0.5, 0.6) is 0 Å². The number of rotatable bonds is 25. The van der Waals surface area contributed by atoms with Gasteiger partial charge in [0.2, 0.25) is 18.3 Å². The Kier molecular flexibility index (Phi) is 26.7. The van der Waals surface area contributed by atoms with E-state index in [1.165, 1.54) is 36.4 Å². The van der Waals surface area contributed by atoms with E-state index in [2.05, 4.69) is 46.6 Å². The van der Waals surface area contributed by atoms with E-state index in [1.807, 2.05) is 166 Å². The molecule has 0 aliphatic heterocycles. The van der Waals surface area contributed by atoms with Gasteiger partial charge in [0.15, 0.2) is 5.75 Å². The number of aliphatic hydroxyl groups is 1. The molecule has 0 saturated carbocycles. The Labute approximate surface area is 598 Å². The number of aliphatic carboxylic acids is 1. The minimum Gasteiger partial charge on any atom is -0.520 e. The molecule has 3 heterocycles. The van der Waals surface area contributed by atoms with E-state index in [-0.39, 0.29) is 41.8 Å². The lowest BCUT2D eigenvalue weighted by molar-refractivity contribution is -0.142. The normalized spacial score (nSPS) is 13.3. The average molecular weight is 1440 g/mol. The largest absolute Gasteiger partial charge is 0.520 e. The highest BCUT2D eigenvalue weighted by molar-refractivity contribution is 7.89. The van der Waals surface area contributed by atoms with Gasteiger partial charge in [-0.3, -0.25) is 4.79 Å². The molecule has 538 valence electrons. The molecule has 0 fully saturated rings. The van der Waals surface area contributed by atoms with Gasteiger partial charge in [0.25, 0.3) is 5.95 Å². The molecule has 14 nitrogen and oxygen atoms in total. The second-order valence-corrected chi connectivity index (χ2v) is 32.1. The van der Waals surface area contributed by atoms with Crippen LogP contribution in [-0.4, -0.2) is 87.8 Å². The summed E-state index contributed by atoms with van der Waals surface area (Å²) in [7, 11) is -4.36. The number of nitrogens with one attached hydrogen (secondary N) is 1. The number of allylic oxidation sites excluding steroid dienone is 1. The van der Waals surface area contributed by atoms with Crippen LogP contribution < -0.4 is 4.72 Å². The number of alkyl halides is 3. The summed E-state index contributed by atoms with van der Waals surface area (Å²) in [4.78, 5) is 12.1. The number of benzene rings is 9. The Morgan fingerprint density at radius 3 is 1.30 bits per heavy atom. The van der Waals surface area contributed by atoms with E-state index in [0.29, 0.717) is 24.5 Å². The molecule has 22 heteroatoms. The van der Waals surface area contributed by atoms with Gasteiger partial charge in [-0.15, -0.1) is 0 Å². The maximum Gasteiger partial charge on any atom is 0.404 e. The number of hydrogen-bond acceptors (Lipinski definition) is 9. The number of hydrogen-bond donors (Lipinski definition) is 3. The number of nitrogens with zero attached hydrogens (tertiary/aromatic N) is 6. The van der Waals surface area contributed by atoms with E-state index in [0.717, 1.165) is 103 Å². The van der Waals surface area contributed by atoms with E-state index < -0.39 is 48.3 Å². The van der Waals surface area contributed by atoms with Gasteiger partial charge in [0.05, 0.1) is 65.2 Å². The van der Waals surface area contributed by atoms with Crippen molar-refractivity contribution in [3.8, 4) is 17.1 Å². The SMILES string of the molecule is CCC/C=C(/OC)O[Si](C)(C)C.CCCC(C(=O)O)C(c1ccccc1)c1ccc2c(cnn2-c2ccc(F)cc2)c1.CCCC(CNS(=O)(=O)CC(F)(F)F)C(c1ccccc1)c1ccc2c(cnn2-c2ccc(F)cc2)c1.OC(c1ccccc1)c1ccc2c(cnn2-c2ccc(F)cc2)c1. The zero-order valence-corrected chi connectivity index (χ0v) is 60.2. The van der Waals surface area contributed by atoms with Crippen molar-refractivity contribution >= 4 is 57.0 Å². The van der Waals surface area contributed by atoms with E-state index in [4.69, 9.17) is 9.16 Å². The highest BCUT2D eigenvalue weighted by atomic mass is 32.2. The Balaban J connectivity index is 0.000000169. The van der Waals surface area contributed by atoms with Crippen molar-refractivity contribution in [1.82, 2.24) is 34.1 Å². The second-order valence-electron chi connectivity index (χ2n) is 25.9. The van der Waals surface area contributed by atoms with Crippen molar-refractivity contribution in [2.75, 3.05) is 19.4 Å². The van der Waals surface area contributed by atoms with Crippen molar-refractivity contribution in [3.63, 3.8) is 0 Å². The summed E-state index contributed by atoms with van der Waals surface area (Å²) in [6.07, 6.45) is 6.59. The van der Waals surface area contributed by atoms with Crippen molar-refractivity contribution in [1.29, 1.82) is 0 Å². The minimum atomic E-state index is -4.82. The third-order valence-electron chi connectivity index (χ3n) is 17.0. The third kappa shape index (κ3) is 21.2. The lowest BCUT2D eigenvalue weighted by Gasteiger charge is -2.28. The van der Waals surface area contributed by atoms with Crippen LogP contribution in [-0.2, 0) is 24.0 Å². The molecular weight excluding hydrogens is 1360 g/mol. The summed E-state index contributed by atoms with van der Waals surface area (Å²) in [6.45, 7) is 12.4. The lowest BCUT2D eigenvalue weighted by atomic mass is 9.78. The Bertz CT molecular complexity index is 4830.